The lowest BCUT2D eigenvalue weighted by molar-refractivity contribution is 0.0560. The van der Waals surface area contributed by atoms with E-state index in [4.69, 9.17) is 13.9 Å². The maximum Gasteiger partial charge on any atom is 0.414 e. The molecule has 7 nitrogen and oxygen atoms in total. The van der Waals surface area contributed by atoms with Crippen LogP contribution in [0.4, 0.5) is 9.59 Å². The highest BCUT2D eigenvalue weighted by Gasteiger charge is 2.47. The molecule has 0 aliphatic heterocycles. The van der Waals surface area contributed by atoms with Gasteiger partial charge in [-0.3, -0.25) is 0 Å². The molecule has 1 aliphatic rings. The largest absolute Gasteiger partial charge is 0.441 e. The first-order chi connectivity index (χ1) is 17.0. The molecule has 0 saturated heterocycles. The van der Waals surface area contributed by atoms with Crippen LogP contribution in [0.5, 0.6) is 0 Å². The van der Waals surface area contributed by atoms with Crippen molar-refractivity contribution >= 4 is 28.6 Å². The minimum atomic E-state index is -2.22. The fourth-order valence-electron chi connectivity index (χ4n) is 4.89. The second-order valence-corrected chi connectivity index (χ2v) is 24.1. The Morgan fingerprint density at radius 3 is 1.50 bits per heavy atom. The average molecular weight is 571 g/mol. The van der Waals surface area contributed by atoms with E-state index in [0.29, 0.717) is 11.8 Å². The van der Waals surface area contributed by atoms with Gasteiger partial charge in [0.15, 0.2) is 8.32 Å². The van der Waals surface area contributed by atoms with E-state index >= 15 is 0 Å². The minimum absolute atomic E-state index is 0.00231. The highest BCUT2D eigenvalue weighted by atomic mass is 28.4. The second kappa shape index (κ2) is 12.9. The highest BCUT2D eigenvalue weighted by Crippen LogP contribution is 2.43. The first-order valence-electron chi connectivity index (χ1n) is 14.4. The molecule has 0 aromatic rings. The Morgan fingerprint density at radius 1 is 0.737 bits per heavy atom. The van der Waals surface area contributed by atoms with E-state index < -0.39 is 22.5 Å². The molecule has 0 aromatic carbocycles. The molecular weight excluding hydrogens is 513 g/mol. The molecule has 1 rings (SSSR count). The molecule has 0 N–H and O–H groups in total. The van der Waals surface area contributed by atoms with Gasteiger partial charge in [-0.1, -0.05) is 40.4 Å². The van der Waals surface area contributed by atoms with E-state index in [9.17, 15) is 9.59 Å². The van der Waals surface area contributed by atoms with E-state index in [1.807, 2.05) is 55.4 Å². The molecule has 0 heterocycles. The van der Waals surface area contributed by atoms with Crippen LogP contribution < -0.4 is 0 Å². The van der Waals surface area contributed by atoms with Gasteiger partial charge in [0, 0.05) is 29.7 Å². The topological polar surface area (TPSA) is 68.3 Å². The summed E-state index contributed by atoms with van der Waals surface area (Å²) in [5.74, 6) is 0. The summed E-state index contributed by atoms with van der Waals surface area (Å²) in [6, 6.07) is 0.0149. The summed E-state index contributed by atoms with van der Waals surface area (Å²) in [7, 11) is -4.38. The fraction of sp³-hybridized carbons (Fsp3) is 0.862. The van der Waals surface area contributed by atoms with Gasteiger partial charge in [-0.05, 0) is 86.4 Å². The van der Waals surface area contributed by atoms with Crippen molar-refractivity contribution in [2.75, 3.05) is 0 Å². The van der Waals surface area contributed by atoms with Gasteiger partial charge in [0.2, 0.25) is 0 Å². The summed E-state index contributed by atoms with van der Waals surface area (Å²) in [6.07, 6.45) is -0.0489. The van der Waals surface area contributed by atoms with Crippen LogP contribution in [0.3, 0.4) is 0 Å². The molecular formula is C29H58N2O5Si2. The van der Waals surface area contributed by atoms with Crippen LogP contribution in [-0.2, 0) is 13.9 Å². The number of carbonyl (C=O) groups excluding carboxylic acids is 2. The van der Waals surface area contributed by atoms with E-state index in [0.717, 1.165) is 12.0 Å². The van der Waals surface area contributed by atoms with Crippen molar-refractivity contribution < 1.29 is 23.5 Å². The molecule has 1 fully saturated rings. The van der Waals surface area contributed by atoms with Gasteiger partial charge in [-0.25, -0.2) is 9.59 Å². The quantitative estimate of drug-likeness (QED) is 0.206. The third-order valence-electron chi connectivity index (χ3n) is 7.65. The van der Waals surface area contributed by atoms with Crippen LogP contribution in [-0.4, -0.2) is 74.8 Å². The molecule has 0 spiro atoms. The molecule has 9 heteroatoms. The molecule has 0 radical (unpaired) electrons. The van der Waals surface area contributed by atoms with Gasteiger partial charge in [0.05, 0.1) is 11.5 Å². The van der Waals surface area contributed by atoms with Crippen LogP contribution >= 0.6 is 0 Å². The van der Waals surface area contributed by atoms with Crippen LogP contribution in [0.25, 0.3) is 0 Å². The number of hydrogen-bond donors (Lipinski definition) is 0. The van der Waals surface area contributed by atoms with Gasteiger partial charge >= 0.3 is 12.2 Å². The number of nitrogens with zero attached hydrogens (tertiary/aromatic N) is 2. The summed E-state index contributed by atoms with van der Waals surface area (Å²) in [4.78, 5) is 30.5. The third kappa shape index (κ3) is 8.59. The zero-order valence-corrected chi connectivity index (χ0v) is 29.3. The summed E-state index contributed by atoms with van der Waals surface area (Å²) in [5.41, 5.74) is 0.857. The maximum absolute atomic E-state index is 13.6. The number of amides is 2. The van der Waals surface area contributed by atoms with Crippen LogP contribution in [0, 0.1) is 0 Å². The highest BCUT2D eigenvalue weighted by molar-refractivity contribution is 6.82. The van der Waals surface area contributed by atoms with E-state index in [1.54, 1.807) is 9.80 Å². The molecule has 38 heavy (non-hydrogen) atoms. The zero-order chi connectivity index (χ0) is 30.0. The molecule has 0 aromatic heterocycles. The lowest BCUT2D eigenvalue weighted by Gasteiger charge is -2.40. The molecule has 2 amide bonds. The predicted molar refractivity (Wildman–Crippen MR) is 163 cm³/mol. The molecule has 0 bridgehead atoms. The summed E-state index contributed by atoms with van der Waals surface area (Å²) in [5, 5.41) is 0.703. The smallest absolute Gasteiger partial charge is 0.414 e. The Balaban J connectivity index is 3.70. The SMILES string of the molecule is CC(C)N(C(=O)O/C(=C1\[C@H](OC(=O)N(C(C)C)C(C)C)CC[C@H]1O[Si](C)(C)C(C)(C)C)[Si](C)(C)C)C(C)C. The lowest BCUT2D eigenvalue weighted by atomic mass is 10.2. The Hall–Kier alpha value is -1.33. The van der Waals surface area contributed by atoms with E-state index in [2.05, 4.69) is 53.5 Å². The van der Waals surface area contributed by atoms with Crippen LogP contribution in [0.2, 0.25) is 37.8 Å². The predicted octanol–water partition coefficient (Wildman–Crippen LogP) is 8.18. The fourth-order valence-corrected chi connectivity index (χ4v) is 7.79. The molecule has 2 atom stereocenters. The standard InChI is InChI=1S/C29H58N2O5Si2/c1-19(2)30(20(3)4)27(32)34-23-17-18-24(36-38(15,16)29(9,10)11)25(23)26(37(12,13)14)35-28(33)31(21(5)6)22(7)8/h19-24H,17-18H2,1-16H3/b26-25-/t23-,24-/m1/s1. The maximum atomic E-state index is 13.6. The van der Waals surface area contributed by atoms with Gasteiger partial charge in [0.1, 0.15) is 14.2 Å². The zero-order valence-electron chi connectivity index (χ0n) is 27.3. The summed E-state index contributed by atoms with van der Waals surface area (Å²) in [6.45, 7) is 33.7. The van der Waals surface area contributed by atoms with Gasteiger partial charge in [-0.2, -0.15) is 0 Å². The number of carbonyl (C=O) groups is 2. The average Bonchev–Trinajstić information content (AvgIpc) is 3.03. The summed E-state index contributed by atoms with van der Waals surface area (Å²) < 4.78 is 19.5. The Kier molecular flexibility index (Phi) is 11.8. The van der Waals surface area contributed by atoms with Crippen molar-refractivity contribution in [3.05, 3.63) is 11.0 Å². The molecule has 1 aliphatic carbocycles. The van der Waals surface area contributed by atoms with Gasteiger partial charge in [-0.15, -0.1) is 0 Å². The first-order valence-corrected chi connectivity index (χ1v) is 20.8. The van der Waals surface area contributed by atoms with Crippen LogP contribution in [0.15, 0.2) is 11.0 Å². The Bertz CT molecular complexity index is 838. The van der Waals surface area contributed by atoms with Gasteiger partial charge < -0.3 is 23.7 Å². The van der Waals surface area contributed by atoms with Crippen molar-refractivity contribution in [3.8, 4) is 0 Å². The normalized spacial score (nSPS) is 20.4. The van der Waals surface area contributed by atoms with Crippen molar-refractivity contribution in [1.29, 1.82) is 0 Å². The van der Waals surface area contributed by atoms with Crippen molar-refractivity contribution in [2.24, 2.45) is 0 Å². The van der Waals surface area contributed by atoms with Crippen molar-refractivity contribution in [1.82, 2.24) is 9.80 Å². The number of ether oxygens (including phenoxy) is 2. The Labute approximate surface area is 235 Å². The number of rotatable bonds is 9. The van der Waals surface area contributed by atoms with Crippen molar-refractivity contribution in [2.45, 2.75) is 163 Å². The minimum Gasteiger partial charge on any atom is -0.441 e. The first kappa shape index (κ1) is 34.7. The lowest BCUT2D eigenvalue weighted by Crippen LogP contribution is -2.47. The monoisotopic (exact) mass is 570 g/mol. The summed E-state index contributed by atoms with van der Waals surface area (Å²) >= 11 is 0. The van der Waals surface area contributed by atoms with Gasteiger partial charge in [0.25, 0.3) is 0 Å². The molecule has 222 valence electrons. The number of hydrogen-bond acceptors (Lipinski definition) is 5. The van der Waals surface area contributed by atoms with E-state index in [1.165, 1.54) is 0 Å². The van der Waals surface area contributed by atoms with E-state index in [-0.39, 0.29) is 47.5 Å². The molecule has 0 unspecified atom stereocenters. The second-order valence-electron chi connectivity index (χ2n) is 14.4. The van der Waals surface area contributed by atoms with Crippen LogP contribution in [0.1, 0.15) is 89.0 Å². The Morgan fingerprint density at radius 2 is 1.13 bits per heavy atom. The molecule has 1 saturated carbocycles. The third-order valence-corrected chi connectivity index (χ3v) is 13.9. The van der Waals surface area contributed by atoms with Crippen molar-refractivity contribution in [3.63, 3.8) is 0 Å².